The molecule has 0 bridgehead atoms. The second-order valence-electron chi connectivity index (χ2n) is 5.10. The van der Waals surface area contributed by atoms with Crippen molar-refractivity contribution >= 4 is 10.8 Å². The molecule has 2 rings (SSSR count). The van der Waals surface area contributed by atoms with Crippen molar-refractivity contribution in [2.75, 3.05) is 31.1 Å². The van der Waals surface area contributed by atoms with E-state index in [9.17, 15) is 4.21 Å². The highest BCUT2D eigenvalue weighted by Crippen LogP contribution is 2.17. The molecule has 108 valence electrons. The fraction of sp³-hybridized carbons (Fsp3) is 0.714. The number of hydrogen-bond acceptors (Lipinski definition) is 4. The van der Waals surface area contributed by atoms with Gasteiger partial charge in [0.2, 0.25) is 0 Å². The number of hydrogen-bond donors (Lipinski definition) is 1. The summed E-state index contributed by atoms with van der Waals surface area (Å²) >= 11 is 0. The maximum atomic E-state index is 11.3. The molecule has 5 heteroatoms. The van der Waals surface area contributed by atoms with Gasteiger partial charge in [0.25, 0.3) is 0 Å². The van der Waals surface area contributed by atoms with Crippen LogP contribution in [-0.4, -0.2) is 40.2 Å². The second-order valence-corrected chi connectivity index (χ2v) is 6.79. The van der Waals surface area contributed by atoms with Gasteiger partial charge >= 0.3 is 0 Å². The van der Waals surface area contributed by atoms with Crippen molar-refractivity contribution in [2.24, 2.45) is 0 Å². The van der Waals surface area contributed by atoms with Crippen molar-refractivity contribution < 1.29 is 8.63 Å². The van der Waals surface area contributed by atoms with E-state index in [4.69, 9.17) is 4.42 Å². The van der Waals surface area contributed by atoms with Gasteiger partial charge in [-0.05, 0) is 26.0 Å². The number of nitrogens with one attached hydrogen (secondary N) is 1. The highest BCUT2D eigenvalue weighted by molar-refractivity contribution is 7.85. The quantitative estimate of drug-likeness (QED) is 0.807. The van der Waals surface area contributed by atoms with Crippen LogP contribution in [0.2, 0.25) is 0 Å². The van der Waals surface area contributed by atoms with Gasteiger partial charge < -0.3 is 9.73 Å². The third-order valence-electron chi connectivity index (χ3n) is 3.46. The molecule has 0 amide bonds. The fourth-order valence-corrected chi connectivity index (χ4v) is 3.42. The van der Waals surface area contributed by atoms with Gasteiger partial charge in [0.1, 0.15) is 11.5 Å². The van der Waals surface area contributed by atoms with E-state index in [2.05, 4.69) is 23.2 Å². The maximum Gasteiger partial charge on any atom is 0.118 e. The van der Waals surface area contributed by atoms with Gasteiger partial charge in [0, 0.05) is 47.5 Å². The minimum atomic E-state index is -0.600. The van der Waals surface area contributed by atoms with E-state index >= 15 is 0 Å². The molecule has 1 N–H and O–H groups in total. The van der Waals surface area contributed by atoms with Gasteiger partial charge in [-0.15, -0.1) is 0 Å². The lowest BCUT2D eigenvalue weighted by Crippen LogP contribution is -2.37. The van der Waals surface area contributed by atoms with Crippen molar-refractivity contribution in [3.63, 3.8) is 0 Å². The minimum Gasteiger partial charge on any atom is -0.465 e. The highest BCUT2D eigenvalue weighted by Gasteiger charge is 2.17. The van der Waals surface area contributed by atoms with Crippen LogP contribution in [0.5, 0.6) is 0 Å². The first-order valence-electron chi connectivity index (χ1n) is 7.05. The van der Waals surface area contributed by atoms with E-state index in [0.717, 1.165) is 62.2 Å². The van der Waals surface area contributed by atoms with Crippen molar-refractivity contribution in [3.05, 3.63) is 23.2 Å². The molecule has 1 fully saturated rings. The summed E-state index contributed by atoms with van der Waals surface area (Å²) in [5.74, 6) is 3.64. The van der Waals surface area contributed by atoms with Crippen LogP contribution < -0.4 is 5.32 Å². The van der Waals surface area contributed by atoms with Crippen LogP contribution in [0.4, 0.5) is 0 Å². The standard InChI is InChI=1S/C14H24N2O2S/c1-3-4-15-10-14-9-13(12(2)18-14)11-16-5-7-19(17)8-6-16/h9,15H,3-8,10-11H2,1-2H3. The lowest BCUT2D eigenvalue weighted by Gasteiger charge is -2.25. The number of nitrogens with zero attached hydrogens (tertiary/aromatic N) is 1. The van der Waals surface area contributed by atoms with E-state index < -0.39 is 10.8 Å². The Morgan fingerprint density at radius 2 is 2.16 bits per heavy atom. The Morgan fingerprint density at radius 1 is 1.42 bits per heavy atom. The first kappa shape index (κ1) is 14.8. The maximum absolute atomic E-state index is 11.3. The average molecular weight is 284 g/mol. The predicted octanol–water partition coefficient (Wildman–Crippen LogP) is 1.65. The topological polar surface area (TPSA) is 45.5 Å². The Kier molecular flexibility index (Phi) is 5.60. The lowest BCUT2D eigenvalue weighted by atomic mass is 10.2. The van der Waals surface area contributed by atoms with Gasteiger partial charge in [-0.2, -0.15) is 0 Å². The van der Waals surface area contributed by atoms with Gasteiger partial charge in [-0.1, -0.05) is 6.92 Å². The lowest BCUT2D eigenvalue weighted by molar-refractivity contribution is 0.289. The summed E-state index contributed by atoms with van der Waals surface area (Å²) in [6.07, 6.45) is 1.14. The Labute approximate surface area is 118 Å². The monoisotopic (exact) mass is 284 g/mol. The van der Waals surface area contributed by atoms with Gasteiger partial charge in [-0.3, -0.25) is 9.11 Å². The molecule has 2 heterocycles. The van der Waals surface area contributed by atoms with E-state index in [1.807, 2.05) is 6.92 Å². The van der Waals surface area contributed by atoms with Crippen LogP contribution >= 0.6 is 0 Å². The molecule has 0 spiro atoms. The molecular weight excluding hydrogens is 260 g/mol. The molecule has 0 radical (unpaired) electrons. The number of rotatable bonds is 6. The zero-order valence-corrected chi connectivity index (χ0v) is 12.7. The van der Waals surface area contributed by atoms with E-state index in [1.165, 1.54) is 5.56 Å². The van der Waals surface area contributed by atoms with Crippen LogP contribution in [0.15, 0.2) is 10.5 Å². The van der Waals surface area contributed by atoms with Crippen molar-refractivity contribution in [1.82, 2.24) is 10.2 Å². The Morgan fingerprint density at radius 3 is 2.84 bits per heavy atom. The van der Waals surface area contributed by atoms with Crippen LogP contribution in [0.25, 0.3) is 0 Å². The molecule has 4 nitrogen and oxygen atoms in total. The molecule has 0 atom stereocenters. The van der Waals surface area contributed by atoms with Crippen LogP contribution in [0.3, 0.4) is 0 Å². The smallest absolute Gasteiger partial charge is 0.118 e. The van der Waals surface area contributed by atoms with Crippen LogP contribution in [0.1, 0.15) is 30.4 Å². The molecule has 1 saturated heterocycles. The van der Waals surface area contributed by atoms with Crippen molar-refractivity contribution in [2.45, 2.75) is 33.4 Å². The third-order valence-corrected chi connectivity index (χ3v) is 4.74. The summed E-state index contributed by atoms with van der Waals surface area (Å²) in [5, 5.41) is 3.35. The third kappa shape index (κ3) is 4.44. The van der Waals surface area contributed by atoms with E-state index in [-0.39, 0.29) is 0 Å². The first-order valence-corrected chi connectivity index (χ1v) is 8.54. The first-order chi connectivity index (χ1) is 9.19. The van der Waals surface area contributed by atoms with Crippen LogP contribution in [-0.2, 0) is 23.9 Å². The molecule has 0 saturated carbocycles. The second kappa shape index (κ2) is 7.22. The highest BCUT2D eigenvalue weighted by atomic mass is 32.2. The predicted molar refractivity (Wildman–Crippen MR) is 78.6 cm³/mol. The zero-order valence-electron chi connectivity index (χ0n) is 11.9. The van der Waals surface area contributed by atoms with E-state index in [0.29, 0.717) is 0 Å². The molecule has 1 aromatic rings. The molecule has 1 aromatic heterocycles. The van der Waals surface area contributed by atoms with Crippen molar-refractivity contribution in [1.29, 1.82) is 0 Å². The largest absolute Gasteiger partial charge is 0.465 e. The van der Waals surface area contributed by atoms with E-state index in [1.54, 1.807) is 0 Å². The molecule has 19 heavy (non-hydrogen) atoms. The molecule has 1 aliphatic heterocycles. The molecular formula is C14H24N2O2S. The Bertz CT molecular complexity index is 421. The van der Waals surface area contributed by atoms with Gasteiger partial charge in [0.15, 0.2) is 0 Å². The van der Waals surface area contributed by atoms with Gasteiger partial charge in [0.05, 0.1) is 6.54 Å². The molecule has 0 aliphatic carbocycles. The summed E-state index contributed by atoms with van der Waals surface area (Å²) in [6.45, 7) is 8.79. The average Bonchev–Trinajstić information content (AvgIpc) is 2.73. The molecule has 1 aliphatic rings. The normalized spacial score (nSPS) is 18.0. The van der Waals surface area contributed by atoms with Crippen molar-refractivity contribution in [3.8, 4) is 0 Å². The molecule has 0 aromatic carbocycles. The summed E-state index contributed by atoms with van der Waals surface area (Å²) < 4.78 is 17.1. The summed E-state index contributed by atoms with van der Waals surface area (Å²) in [5.41, 5.74) is 1.26. The van der Waals surface area contributed by atoms with Gasteiger partial charge in [-0.25, -0.2) is 0 Å². The SMILES string of the molecule is CCCNCc1cc(CN2CCS(=O)CC2)c(C)o1. The Balaban J connectivity index is 1.87. The minimum absolute atomic E-state index is 0.600. The number of furan rings is 1. The van der Waals surface area contributed by atoms with Crippen LogP contribution in [0, 0.1) is 6.92 Å². The summed E-state index contributed by atoms with van der Waals surface area (Å²) in [7, 11) is -0.600. The zero-order chi connectivity index (χ0) is 13.7. The summed E-state index contributed by atoms with van der Waals surface area (Å²) in [6, 6.07) is 2.16. The molecule has 0 unspecified atom stereocenters. The summed E-state index contributed by atoms with van der Waals surface area (Å²) in [4.78, 5) is 2.36. The fourth-order valence-electron chi connectivity index (χ4n) is 2.29. The number of aryl methyl sites for hydroxylation is 1. The Hall–Kier alpha value is -0.650.